The Kier molecular flexibility index (Phi) is 3.33. The predicted octanol–water partition coefficient (Wildman–Crippen LogP) is 1.96. The maximum atomic E-state index is 5.90. The van der Waals surface area contributed by atoms with E-state index in [1.54, 1.807) is 0 Å². The summed E-state index contributed by atoms with van der Waals surface area (Å²) < 4.78 is 2.00. The van der Waals surface area contributed by atoms with Crippen LogP contribution in [0.25, 0.3) is 10.9 Å². The zero-order valence-electron chi connectivity index (χ0n) is 10.7. The van der Waals surface area contributed by atoms with Crippen LogP contribution in [0.1, 0.15) is 13.3 Å². The Bertz CT molecular complexity index is 501. The third kappa shape index (κ3) is 2.42. The molecule has 0 saturated carbocycles. The summed E-state index contributed by atoms with van der Waals surface area (Å²) in [6.07, 6.45) is 1.07. The van der Waals surface area contributed by atoms with Gasteiger partial charge in [0, 0.05) is 18.0 Å². The Labute approximate surface area is 102 Å². The molecule has 1 unspecified atom stereocenters. The lowest BCUT2D eigenvalue weighted by Gasteiger charge is -2.19. The van der Waals surface area contributed by atoms with E-state index < -0.39 is 0 Å². The van der Waals surface area contributed by atoms with E-state index >= 15 is 0 Å². The van der Waals surface area contributed by atoms with Crippen LogP contribution >= 0.6 is 0 Å². The van der Waals surface area contributed by atoms with Crippen LogP contribution in [0.15, 0.2) is 24.3 Å². The standard InChI is InChI=1S/C13H20N4/c1-10(16(2)3)8-9-17-12-7-5-4-6-11(12)13(14)15-17/h4-7,10H,8-9H2,1-3H3,(H2,14,15). The van der Waals surface area contributed by atoms with Gasteiger partial charge in [-0.25, -0.2) is 0 Å². The maximum absolute atomic E-state index is 5.90. The topological polar surface area (TPSA) is 47.1 Å². The molecule has 0 spiro atoms. The van der Waals surface area contributed by atoms with Crippen molar-refractivity contribution < 1.29 is 0 Å². The van der Waals surface area contributed by atoms with Crippen LogP contribution in [0.2, 0.25) is 0 Å². The number of aromatic nitrogens is 2. The van der Waals surface area contributed by atoms with Crippen molar-refractivity contribution in [1.29, 1.82) is 0 Å². The molecule has 0 bridgehead atoms. The number of nitrogens with two attached hydrogens (primary N) is 1. The lowest BCUT2D eigenvalue weighted by Crippen LogP contribution is -2.26. The van der Waals surface area contributed by atoms with Crippen LogP contribution in [-0.2, 0) is 6.54 Å². The summed E-state index contributed by atoms with van der Waals surface area (Å²) in [6, 6.07) is 8.64. The third-order valence-corrected chi connectivity index (χ3v) is 3.33. The SMILES string of the molecule is CC(CCn1nc(N)c2ccccc21)N(C)C. The van der Waals surface area contributed by atoms with Gasteiger partial charge in [-0.2, -0.15) is 5.10 Å². The largest absolute Gasteiger partial charge is 0.382 e. The molecule has 92 valence electrons. The molecule has 2 rings (SSSR count). The first kappa shape index (κ1) is 11.9. The molecule has 17 heavy (non-hydrogen) atoms. The van der Waals surface area contributed by atoms with Gasteiger partial charge in [0.1, 0.15) is 0 Å². The molecule has 0 saturated heterocycles. The van der Waals surface area contributed by atoms with Crippen molar-refractivity contribution >= 4 is 16.7 Å². The van der Waals surface area contributed by atoms with Gasteiger partial charge in [0.25, 0.3) is 0 Å². The molecular formula is C13H20N4. The zero-order chi connectivity index (χ0) is 12.4. The second-order valence-electron chi connectivity index (χ2n) is 4.73. The Hall–Kier alpha value is -1.55. The monoisotopic (exact) mass is 232 g/mol. The van der Waals surface area contributed by atoms with E-state index in [2.05, 4.69) is 37.1 Å². The number of hydrogen-bond donors (Lipinski definition) is 1. The van der Waals surface area contributed by atoms with Crippen molar-refractivity contribution in [3.63, 3.8) is 0 Å². The summed E-state index contributed by atoms with van der Waals surface area (Å²) in [6.45, 7) is 3.12. The van der Waals surface area contributed by atoms with Crippen molar-refractivity contribution in [1.82, 2.24) is 14.7 Å². The van der Waals surface area contributed by atoms with Crippen LogP contribution in [0.4, 0.5) is 5.82 Å². The van der Waals surface area contributed by atoms with Crippen molar-refractivity contribution in [2.24, 2.45) is 0 Å². The Morgan fingerprint density at radius 2 is 2.06 bits per heavy atom. The van der Waals surface area contributed by atoms with Crippen LogP contribution < -0.4 is 5.73 Å². The minimum Gasteiger partial charge on any atom is -0.382 e. The minimum atomic E-state index is 0.541. The molecule has 0 aliphatic heterocycles. The fraction of sp³-hybridized carbons (Fsp3) is 0.462. The van der Waals surface area contributed by atoms with Gasteiger partial charge in [0.15, 0.2) is 5.82 Å². The highest BCUT2D eigenvalue weighted by Gasteiger charge is 2.09. The second kappa shape index (κ2) is 4.75. The number of nitrogen functional groups attached to an aromatic ring is 1. The summed E-state index contributed by atoms with van der Waals surface area (Å²) in [7, 11) is 4.19. The molecule has 4 nitrogen and oxygen atoms in total. The van der Waals surface area contributed by atoms with Crippen LogP contribution in [0, 0.1) is 0 Å². The van der Waals surface area contributed by atoms with E-state index in [0.29, 0.717) is 11.9 Å². The summed E-state index contributed by atoms with van der Waals surface area (Å²) in [5.41, 5.74) is 7.02. The first-order valence-corrected chi connectivity index (χ1v) is 5.97. The van der Waals surface area contributed by atoms with E-state index in [4.69, 9.17) is 5.73 Å². The molecule has 4 heteroatoms. The molecule has 0 amide bonds. The van der Waals surface area contributed by atoms with Gasteiger partial charge in [0.2, 0.25) is 0 Å². The van der Waals surface area contributed by atoms with E-state index in [1.165, 1.54) is 0 Å². The number of para-hydroxylation sites is 1. The average molecular weight is 232 g/mol. The molecule has 2 aromatic rings. The van der Waals surface area contributed by atoms with Crippen LogP contribution in [0.5, 0.6) is 0 Å². The summed E-state index contributed by atoms with van der Waals surface area (Å²) in [5.74, 6) is 0.623. The van der Waals surface area contributed by atoms with Crippen molar-refractivity contribution in [3.8, 4) is 0 Å². The molecule has 1 aromatic heterocycles. The van der Waals surface area contributed by atoms with Gasteiger partial charge in [-0.1, -0.05) is 12.1 Å². The van der Waals surface area contributed by atoms with E-state index in [0.717, 1.165) is 23.9 Å². The molecule has 0 radical (unpaired) electrons. The molecule has 2 N–H and O–H groups in total. The number of anilines is 1. The minimum absolute atomic E-state index is 0.541. The summed E-state index contributed by atoms with van der Waals surface area (Å²) in [5, 5.41) is 5.44. The van der Waals surface area contributed by atoms with Crippen molar-refractivity contribution in [2.45, 2.75) is 25.9 Å². The van der Waals surface area contributed by atoms with E-state index in [-0.39, 0.29) is 0 Å². The maximum Gasteiger partial charge on any atom is 0.153 e. The van der Waals surface area contributed by atoms with Gasteiger partial charge in [-0.3, -0.25) is 4.68 Å². The zero-order valence-corrected chi connectivity index (χ0v) is 10.7. The highest BCUT2D eigenvalue weighted by molar-refractivity contribution is 5.88. The first-order valence-electron chi connectivity index (χ1n) is 5.97. The molecule has 1 heterocycles. The van der Waals surface area contributed by atoms with Gasteiger partial charge in [-0.15, -0.1) is 0 Å². The number of nitrogens with zero attached hydrogens (tertiary/aromatic N) is 3. The fourth-order valence-corrected chi connectivity index (χ4v) is 1.89. The van der Waals surface area contributed by atoms with Crippen LogP contribution in [-0.4, -0.2) is 34.8 Å². The summed E-state index contributed by atoms with van der Waals surface area (Å²) in [4.78, 5) is 2.22. The average Bonchev–Trinajstić information content (AvgIpc) is 2.64. The van der Waals surface area contributed by atoms with Gasteiger partial charge < -0.3 is 10.6 Å². The Morgan fingerprint density at radius 3 is 2.76 bits per heavy atom. The fourth-order valence-electron chi connectivity index (χ4n) is 1.89. The Morgan fingerprint density at radius 1 is 1.35 bits per heavy atom. The van der Waals surface area contributed by atoms with Crippen molar-refractivity contribution in [3.05, 3.63) is 24.3 Å². The van der Waals surface area contributed by atoms with Gasteiger partial charge in [-0.05, 0) is 39.6 Å². The summed E-state index contributed by atoms with van der Waals surface area (Å²) >= 11 is 0. The second-order valence-corrected chi connectivity index (χ2v) is 4.73. The number of hydrogen-bond acceptors (Lipinski definition) is 3. The van der Waals surface area contributed by atoms with Crippen LogP contribution in [0.3, 0.4) is 0 Å². The number of fused-ring (bicyclic) bond motifs is 1. The number of benzene rings is 1. The molecule has 0 aliphatic carbocycles. The smallest absolute Gasteiger partial charge is 0.153 e. The highest BCUT2D eigenvalue weighted by Crippen LogP contribution is 2.20. The third-order valence-electron chi connectivity index (χ3n) is 3.33. The lowest BCUT2D eigenvalue weighted by atomic mass is 10.2. The van der Waals surface area contributed by atoms with Gasteiger partial charge >= 0.3 is 0 Å². The number of aryl methyl sites for hydroxylation is 1. The van der Waals surface area contributed by atoms with E-state index in [1.807, 2.05) is 22.9 Å². The normalized spacial score (nSPS) is 13.4. The van der Waals surface area contributed by atoms with E-state index in [9.17, 15) is 0 Å². The number of rotatable bonds is 4. The lowest BCUT2D eigenvalue weighted by molar-refractivity contribution is 0.286. The highest BCUT2D eigenvalue weighted by atomic mass is 15.3. The van der Waals surface area contributed by atoms with Crippen molar-refractivity contribution in [2.75, 3.05) is 19.8 Å². The quantitative estimate of drug-likeness (QED) is 0.876. The molecule has 1 aromatic carbocycles. The predicted molar refractivity (Wildman–Crippen MR) is 71.9 cm³/mol. The molecule has 1 atom stereocenters. The Balaban J connectivity index is 2.19. The molecular weight excluding hydrogens is 212 g/mol. The van der Waals surface area contributed by atoms with Gasteiger partial charge in [0.05, 0.1) is 5.52 Å². The first-order chi connectivity index (χ1) is 8.09. The molecule has 0 fully saturated rings. The molecule has 0 aliphatic rings.